The molecule has 2 aliphatic carbocycles. The summed E-state index contributed by atoms with van der Waals surface area (Å²) in [5.41, 5.74) is 8.57. The second kappa shape index (κ2) is 9.80. The van der Waals surface area contributed by atoms with Gasteiger partial charge in [-0.2, -0.15) is 4.39 Å². The van der Waals surface area contributed by atoms with Crippen LogP contribution in [0.2, 0.25) is 0 Å². The van der Waals surface area contributed by atoms with E-state index in [0.717, 1.165) is 27.7 Å². The quantitative estimate of drug-likeness (QED) is 0.519. The summed E-state index contributed by atoms with van der Waals surface area (Å²) in [6, 6.07) is 10.0. The number of benzene rings is 1. The highest BCUT2D eigenvalue weighted by atomic mass is 19.1. The van der Waals surface area contributed by atoms with Crippen molar-refractivity contribution in [3.05, 3.63) is 110 Å². The molecule has 0 aliphatic heterocycles. The lowest BCUT2D eigenvalue weighted by atomic mass is 9.94. The molecule has 1 N–H and O–H groups in total. The van der Waals surface area contributed by atoms with Crippen molar-refractivity contribution in [2.24, 2.45) is 7.05 Å². The fraction of sp³-hybridized carbons (Fsp3) is 0.250. The van der Waals surface area contributed by atoms with Crippen molar-refractivity contribution in [3.8, 4) is 0 Å². The molecule has 0 bridgehead atoms. The Hall–Kier alpha value is -4.22. The fourth-order valence-electron chi connectivity index (χ4n) is 4.57. The molecule has 7 nitrogen and oxygen atoms in total. The van der Waals surface area contributed by atoms with Crippen molar-refractivity contribution in [1.82, 2.24) is 18.7 Å². The molecule has 2 heterocycles. The van der Waals surface area contributed by atoms with Crippen LogP contribution in [-0.4, -0.2) is 30.4 Å². The van der Waals surface area contributed by atoms with Gasteiger partial charge in [-0.3, -0.25) is 13.9 Å². The molecule has 0 saturated carbocycles. The lowest BCUT2D eigenvalue weighted by molar-refractivity contribution is 0.277. The average molecular weight is 485 g/mol. The molecule has 3 aromatic rings. The Morgan fingerprint density at radius 2 is 1.92 bits per heavy atom. The molecule has 0 spiro atoms. The van der Waals surface area contributed by atoms with Gasteiger partial charge in [-0.05, 0) is 59.9 Å². The van der Waals surface area contributed by atoms with Crippen LogP contribution in [0.15, 0.2) is 87.1 Å². The lowest BCUT2D eigenvalue weighted by Crippen LogP contribution is -2.40. The highest BCUT2D eigenvalue weighted by Crippen LogP contribution is 2.32. The van der Waals surface area contributed by atoms with Crippen LogP contribution in [0.3, 0.4) is 0 Å². The highest BCUT2D eigenvalue weighted by molar-refractivity contribution is 5.86. The number of imidazole rings is 1. The zero-order chi connectivity index (χ0) is 25.2. The number of hydrogen-bond donors (Lipinski definition) is 1. The number of nitrogens with zero attached hydrogens (tertiary/aromatic N) is 4. The van der Waals surface area contributed by atoms with Gasteiger partial charge in [0.2, 0.25) is 0 Å². The van der Waals surface area contributed by atoms with Crippen molar-refractivity contribution < 1.29 is 9.50 Å². The Kier molecular flexibility index (Phi) is 6.40. The van der Waals surface area contributed by atoms with Crippen molar-refractivity contribution >= 4 is 22.3 Å². The van der Waals surface area contributed by atoms with E-state index < -0.39 is 17.1 Å². The number of aliphatic hydroxyl groups is 1. The number of halogens is 1. The topological polar surface area (TPSA) is 82.0 Å². The number of hydrogen-bond acceptors (Lipinski definition) is 4. The predicted molar refractivity (Wildman–Crippen MR) is 137 cm³/mol. The van der Waals surface area contributed by atoms with E-state index in [1.807, 2.05) is 30.3 Å². The summed E-state index contributed by atoms with van der Waals surface area (Å²) in [6.45, 7) is 0.163. The van der Waals surface area contributed by atoms with Crippen LogP contribution in [0.5, 0.6) is 0 Å². The Labute approximate surface area is 206 Å². The molecule has 0 amide bonds. The molecule has 0 atom stereocenters. The average Bonchev–Trinajstić information content (AvgIpc) is 3.29. The normalized spacial score (nSPS) is 15.1. The summed E-state index contributed by atoms with van der Waals surface area (Å²) in [7, 11) is 1.59. The van der Waals surface area contributed by atoms with Crippen LogP contribution < -0.4 is 11.2 Å². The molecule has 2 aliphatic rings. The number of allylic oxidation sites excluding steroid dienone is 8. The first kappa shape index (κ1) is 23.5. The van der Waals surface area contributed by atoms with Gasteiger partial charge in [0.25, 0.3) is 5.56 Å². The van der Waals surface area contributed by atoms with Gasteiger partial charge in [0.15, 0.2) is 17.0 Å². The van der Waals surface area contributed by atoms with Crippen molar-refractivity contribution in [1.29, 1.82) is 0 Å². The molecule has 0 radical (unpaired) electrons. The largest absolute Gasteiger partial charge is 0.396 e. The number of fused-ring (bicyclic) bond motifs is 1. The van der Waals surface area contributed by atoms with Crippen molar-refractivity contribution in [2.45, 2.75) is 32.4 Å². The summed E-state index contributed by atoms with van der Waals surface area (Å²) >= 11 is 0. The third-order valence-corrected chi connectivity index (χ3v) is 6.38. The second-order valence-corrected chi connectivity index (χ2v) is 8.76. The van der Waals surface area contributed by atoms with E-state index in [2.05, 4.69) is 23.6 Å². The van der Waals surface area contributed by atoms with Gasteiger partial charge in [-0.25, -0.2) is 9.78 Å². The maximum Gasteiger partial charge on any atom is 0.332 e. The number of aryl methyl sites for hydroxylation is 1. The first-order valence-electron chi connectivity index (χ1n) is 11.8. The summed E-state index contributed by atoms with van der Waals surface area (Å²) in [6.07, 6.45) is 8.93. The van der Waals surface area contributed by atoms with Crippen LogP contribution >= 0.6 is 0 Å². The van der Waals surface area contributed by atoms with Crippen LogP contribution in [0.25, 0.3) is 22.3 Å². The Bertz CT molecular complexity index is 1670. The Morgan fingerprint density at radius 1 is 1.11 bits per heavy atom. The number of aliphatic hydroxyl groups excluding tert-OH is 1. The SMILES string of the molecule is Cn1c(=O)n(CCCO)c(=O)c2c1nc(C1=CC(c3ccccc3)=CCC1)n2CC1=C=C=C(F)C=C1. The van der Waals surface area contributed by atoms with E-state index in [4.69, 9.17) is 4.98 Å². The first-order valence-corrected chi connectivity index (χ1v) is 11.8. The molecule has 0 saturated heterocycles. The van der Waals surface area contributed by atoms with Crippen LogP contribution in [0.4, 0.5) is 4.39 Å². The molecular weight excluding hydrogens is 459 g/mol. The van der Waals surface area contributed by atoms with E-state index >= 15 is 0 Å². The van der Waals surface area contributed by atoms with E-state index in [0.29, 0.717) is 17.8 Å². The van der Waals surface area contributed by atoms with Gasteiger partial charge in [-0.15, -0.1) is 0 Å². The zero-order valence-corrected chi connectivity index (χ0v) is 19.9. The Morgan fingerprint density at radius 3 is 2.64 bits per heavy atom. The van der Waals surface area contributed by atoms with Crippen LogP contribution in [0.1, 0.15) is 30.7 Å². The zero-order valence-electron chi connectivity index (χ0n) is 19.9. The summed E-state index contributed by atoms with van der Waals surface area (Å²) in [5.74, 6) is 0.0621. The van der Waals surface area contributed by atoms with Gasteiger partial charge in [0.05, 0.1) is 6.54 Å². The summed E-state index contributed by atoms with van der Waals surface area (Å²) in [4.78, 5) is 31.3. The van der Waals surface area contributed by atoms with E-state index in [9.17, 15) is 19.1 Å². The molecular formula is C28H25FN4O3. The molecule has 182 valence electrons. The van der Waals surface area contributed by atoms with Gasteiger partial charge in [0.1, 0.15) is 5.82 Å². The maximum atomic E-state index is 13.6. The molecule has 1 aromatic carbocycles. The van der Waals surface area contributed by atoms with E-state index in [1.165, 1.54) is 10.6 Å². The summed E-state index contributed by atoms with van der Waals surface area (Å²) < 4.78 is 17.8. The molecule has 5 rings (SSSR count). The minimum absolute atomic E-state index is 0.0957. The number of rotatable bonds is 7. The van der Waals surface area contributed by atoms with E-state index in [1.54, 1.807) is 17.7 Å². The molecule has 0 unspecified atom stereocenters. The van der Waals surface area contributed by atoms with Crippen molar-refractivity contribution in [2.75, 3.05) is 6.61 Å². The third kappa shape index (κ3) is 4.30. The van der Waals surface area contributed by atoms with Gasteiger partial charge < -0.3 is 9.67 Å². The standard InChI is InChI=1S/C28H25FN4O3/c1-31-26-24(27(35)32(28(31)36)15-6-16-34)33(18-19-11-13-23(29)14-12-19)25(30-26)22-10-5-9-21(17-22)20-7-3-2-4-8-20/h2-4,7-9,11,13,17,34H,5-6,10,15-16,18H2,1H3. The predicted octanol–water partition coefficient (Wildman–Crippen LogP) is 3.64. The molecule has 0 fully saturated rings. The monoisotopic (exact) mass is 484 g/mol. The van der Waals surface area contributed by atoms with Crippen LogP contribution in [0, 0.1) is 0 Å². The van der Waals surface area contributed by atoms with E-state index in [-0.39, 0.29) is 37.3 Å². The second-order valence-electron chi connectivity index (χ2n) is 8.76. The highest BCUT2D eigenvalue weighted by Gasteiger charge is 2.23. The molecule has 8 heteroatoms. The minimum Gasteiger partial charge on any atom is -0.396 e. The smallest absolute Gasteiger partial charge is 0.332 e. The van der Waals surface area contributed by atoms with Gasteiger partial charge >= 0.3 is 5.69 Å². The van der Waals surface area contributed by atoms with Gasteiger partial charge in [-0.1, -0.05) is 42.1 Å². The maximum absolute atomic E-state index is 13.6. The molecule has 36 heavy (non-hydrogen) atoms. The molecule has 2 aromatic heterocycles. The lowest BCUT2D eigenvalue weighted by Gasteiger charge is -2.16. The first-order chi connectivity index (χ1) is 17.5. The minimum atomic E-state index is -0.518. The van der Waals surface area contributed by atoms with Crippen LogP contribution in [-0.2, 0) is 20.1 Å². The number of aromatic nitrogens is 4. The van der Waals surface area contributed by atoms with Gasteiger partial charge in [0, 0.05) is 25.8 Å². The van der Waals surface area contributed by atoms with Crippen molar-refractivity contribution in [3.63, 3.8) is 0 Å². The Balaban J connectivity index is 1.75. The fourth-order valence-corrected chi connectivity index (χ4v) is 4.57. The summed E-state index contributed by atoms with van der Waals surface area (Å²) in [5, 5.41) is 9.26. The third-order valence-electron chi connectivity index (χ3n) is 6.38.